The van der Waals surface area contributed by atoms with Crippen LogP contribution < -0.4 is 4.72 Å². The predicted octanol–water partition coefficient (Wildman–Crippen LogP) is 5.95. The zero-order valence-electron chi connectivity index (χ0n) is 25.6. The van der Waals surface area contributed by atoms with Gasteiger partial charge in [-0.15, -0.1) is 0 Å². The molecule has 4 fully saturated rings. The van der Waals surface area contributed by atoms with Gasteiger partial charge in [0, 0.05) is 12.6 Å². The maximum Gasteiger partial charge on any atom is 0.434 e. The molecule has 4 aliphatic rings. The number of alkyl halides is 3. The summed E-state index contributed by atoms with van der Waals surface area (Å²) in [6.07, 6.45) is 3.01. The summed E-state index contributed by atoms with van der Waals surface area (Å²) in [4.78, 5) is 14.8. The first-order valence-electron chi connectivity index (χ1n) is 16.0. The van der Waals surface area contributed by atoms with Crippen molar-refractivity contribution in [2.75, 3.05) is 0 Å². The Morgan fingerprint density at radius 2 is 1.77 bits per heavy atom. The first-order chi connectivity index (χ1) is 20.0. The third-order valence-corrected chi connectivity index (χ3v) is 14.0. The molecule has 1 aromatic heterocycles. The van der Waals surface area contributed by atoms with Crippen LogP contribution in [0.25, 0.3) is 0 Å². The minimum atomic E-state index is -4.98. The number of nitrogens with one attached hydrogen (secondary N) is 1. The van der Waals surface area contributed by atoms with E-state index in [1.54, 1.807) is 0 Å². The molecule has 11 atom stereocenters. The van der Waals surface area contributed by atoms with Crippen molar-refractivity contribution in [3.05, 3.63) is 24.0 Å². The number of hydrogen-bond acceptors (Lipinski definition) is 6. The number of carbonyl (C=O) groups excluding carboxylic acids is 1. The summed E-state index contributed by atoms with van der Waals surface area (Å²) in [5, 5.41) is 22.4. The SMILES string of the molecule is CC[C@H]1[C@@H](O)C2C3CC[C@H]([C@H](C)CCC(=O)NS(=O)(=O)c4cccnc4C(F)(F)F)[C@@]3(C)CCC2[C@@]2(C)CC[C@@H](O)C[C@@H]12. The van der Waals surface area contributed by atoms with Gasteiger partial charge < -0.3 is 10.2 Å². The van der Waals surface area contributed by atoms with Gasteiger partial charge in [-0.3, -0.25) is 9.78 Å². The average Bonchev–Trinajstić information content (AvgIpc) is 3.29. The quantitative estimate of drug-likeness (QED) is 0.344. The van der Waals surface area contributed by atoms with Crippen LogP contribution in [0.2, 0.25) is 0 Å². The number of rotatable bonds is 7. The highest BCUT2D eigenvalue weighted by Crippen LogP contribution is 2.69. The number of nitrogens with zero attached hydrogens (tertiary/aromatic N) is 1. The van der Waals surface area contributed by atoms with E-state index in [4.69, 9.17) is 0 Å². The van der Waals surface area contributed by atoms with Gasteiger partial charge in [0.25, 0.3) is 10.0 Å². The van der Waals surface area contributed by atoms with E-state index >= 15 is 0 Å². The molecule has 43 heavy (non-hydrogen) atoms. The Bertz CT molecular complexity index is 1310. The van der Waals surface area contributed by atoms with Crippen molar-refractivity contribution in [1.82, 2.24) is 9.71 Å². The first kappa shape index (κ1) is 32.7. The lowest BCUT2D eigenvalue weighted by Gasteiger charge is -2.64. The van der Waals surface area contributed by atoms with Crippen molar-refractivity contribution >= 4 is 15.9 Å². The smallest absolute Gasteiger partial charge is 0.393 e. The number of carbonyl (C=O) groups is 1. The Morgan fingerprint density at radius 3 is 2.44 bits per heavy atom. The lowest BCUT2D eigenvalue weighted by Crippen LogP contribution is -2.62. The standard InChI is InChI=1S/C32H47F3N2O5S/c1-5-20-24-17-19(38)12-14-31(24,4)23-13-15-30(3)21(9-10-22(30)27(23)28(20)40)18(2)8-11-26(39)37-43(41,42)25-7-6-16-36-29(25)32(33,34)35/h6-7,16,18-24,27-28,38,40H,5,8-15,17H2,1-4H3,(H,37,39)/t18-,19-,20-,21-,22?,23?,24+,27?,28-,30-,31-/m1/s1. The molecular weight excluding hydrogens is 581 g/mol. The Balaban J connectivity index is 1.27. The number of aromatic nitrogens is 1. The molecule has 0 radical (unpaired) electrons. The van der Waals surface area contributed by atoms with Gasteiger partial charge in [-0.05, 0) is 116 Å². The van der Waals surface area contributed by atoms with E-state index in [1.165, 1.54) is 0 Å². The van der Waals surface area contributed by atoms with Gasteiger partial charge in [0.15, 0.2) is 5.69 Å². The summed E-state index contributed by atoms with van der Waals surface area (Å²) >= 11 is 0. The summed E-state index contributed by atoms with van der Waals surface area (Å²) in [6.45, 7) is 8.98. The number of amides is 1. The fraction of sp³-hybridized carbons (Fsp3) is 0.812. The fourth-order valence-electron chi connectivity index (χ4n) is 10.6. The molecule has 3 N–H and O–H groups in total. The molecule has 0 bridgehead atoms. The molecule has 4 saturated carbocycles. The predicted molar refractivity (Wildman–Crippen MR) is 155 cm³/mol. The minimum Gasteiger partial charge on any atom is -0.393 e. The highest BCUT2D eigenvalue weighted by Gasteiger charge is 2.64. The monoisotopic (exact) mass is 628 g/mol. The highest BCUT2D eigenvalue weighted by molar-refractivity contribution is 7.90. The van der Waals surface area contributed by atoms with E-state index < -0.39 is 38.8 Å². The molecule has 11 heteroatoms. The Morgan fingerprint density at radius 1 is 1.09 bits per heavy atom. The van der Waals surface area contributed by atoms with Crippen LogP contribution in [0.1, 0.15) is 97.6 Å². The second-order valence-electron chi connectivity index (χ2n) is 14.5. The number of pyridine rings is 1. The van der Waals surface area contributed by atoms with Crippen molar-refractivity contribution in [3.8, 4) is 0 Å². The van der Waals surface area contributed by atoms with E-state index in [9.17, 15) is 36.6 Å². The second kappa shape index (κ2) is 11.6. The Kier molecular flexibility index (Phi) is 8.79. The molecule has 0 saturated heterocycles. The molecule has 242 valence electrons. The third kappa shape index (κ3) is 5.64. The molecule has 0 spiro atoms. The van der Waals surface area contributed by atoms with E-state index in [2.05, 4.69) is 32.7 Å². The van der Waals surface area contributed by atoms with Gasteiger partial charge in [0.05, 0.1) is 12.2 Å². The van der Waals surface area contributed by atoms with Crippen LogP contribution in [0, 0.1) is 52.3 Å². The number of aliphatic hydroxyl groups excluding tert-OH is 2. The summed E-state index contributed by atoms with van der Waals surface area (Å²) < 4.78 is 67.2. The van der Waals surface area contributed by atoms with Gasteiger partial charge >= 0.3 is 6.18 Å². The molecular formula is C32H47F3N2O5S. The molecule has 3 unspecified atom stereocenters. The lowest BCUT2D eigenvalue weighted by atomic mass is 9.41. The summed E-state index contributed by atoms with van der Waals surface area (Å²) in [5.41, 5.74) is -1.46. The van der Waals surface area contributed by atoms with E-state index in [1.807, 2.05) is 4.72 Å². The fourth-order valence-corrected chi connectivity index (χ4v) is 11.8. The topological polar surface area (TPSA) is 117 Å². The van der Waals surface area contributed by atoms with Crippen LogP contribution in [0.5, 0.6) is 0 Å². The van der Waals surface area contributed by atoms with Crippen molar-refractivity contribution in [1.29, 1.82) is 0 Å². The minimum absolute atomic E-state index is 0.0168. The summed E-state index contributed by atoms with van der Waals surface area (Å²) in [5.74, 6) is 1.03. The van der Waals surface area contributed by atoms with Gasteiger partial charge in [-0.1, -0.05) is 34.1 Å². The molecule has 1 aromatic rings. The maximum atomic E-state index is 13.3. The maximum absolute atomic E-state index is 13.3. The van der Waals surface area contributed by atoms with E-state index in [0.717, 1.165) is 69.7 Å². The zero-order chi connectivity index (χ0) is 31.5. The molecule has 4 aliphatic carbocycles. The average molecular weight is 629 g/mol. The molecule has 7 nitrogen and oxygen atoms in total. The van der Waals surface area contributed by atoms with Gasteiger partial charge in [0.1, 0.15) is 4.90 Å². The van der Waals surface area contributed by atoms with Gasteiger partial charge in [0.2, 0.25) is 5.91 Å². The second-order valence-corrected chi connectivity index (χ2v) is 16.2. The Labute approximate surface area is 253 Å². The number of fused-ring (bicyclic) bond motifs is 5. The van der Waals surface area contributed by atoms with Gasteiger partial charge in [-0.25, -0.2) is 13.1 Å². The van der Waals surface area contributed by atoms with Gasteiger partial charge in [-0.2, -0.15) is 13.2 Å². The largest absolute Gasteiger partial charge is 0.434 e. The first-order valence-corrected chi connectivity index (χ1v) is 17.5. The number of aliphatic hydroxyl groups is 2. The number of sulfonamides is 1. The van der Waals surface area contributed by atoms with Crippen molar-refractivity contribution < 1.29 is 36.6 Å². The van der Waals surface area contributed by atoms with E-state index in [-0.39, 0.29) is 41.1 Å². The van der Waals surface area contributed by atoms with Crippen LogP contribution in [0.3, 0.4) is 0 Å². The lowest BCUT2D eigenvalue weighted by molar-refractivity contribution is -0.203. The van der Waals surface area contributed by atoms with E-state index in [0.29, 0.717) is 30.1 Å². The zero-order valence-corrected chi connectivity index (χ0v) is 26.4. The van der Waals surface area contributed by atoms with Crippen LogP contribution in [-0.4, -0.2) is 41.7 Å². The number of hydrogen-bond donors (Lipinski definition) is 3. The molecule has 1 amide bonds. The summed E-state index contributed by atoms with van der Waals surface area (Å²) in [6, 6.07) is 1.89. The van der Waals surface area contributed by atoms with Crippen molar-refractivity contribution in [3.63, 3.8) is 0 Å². The molecule has 1 heterocycles. The summed E-state index contributed by atoms with van der Waals surface area (Å²) in [7, 11) is -4.74. The van der Waals surface area contributed by atoms with Crippen LogP contribution >= 0.6 is 0 Å². The van der Waals surface area contributed by atoms with Crippen LogP contribution in [0.4, 0.5) is 13.2 Å². The van der Waals surface area contributed by atoms with Crippen LogP contribution in [0.15, 0.2) is 23.2 Å². The van der Waals surface area contributed by atoms with Crippen LogP contribution in [-0.2, 0) is 21.0 Å². The molecule has 0 aromatic carbocycles. The van der Waals surface area contributed by atoms with Crippen molar-refractivity contribution in [2.45, 2.75) is 115 Å². The highest BCUT2D eigenvalue weighted by atomic mass is 32.2. The third-order valence-electron chi connectivity index (χ3n) is 12.6. The molecule has 0 aliphatic heterocycles. The normalized spacial score (nSPS) is 40.2. The number of halogens is 3. The molecule has 5 rings (SSSR count). The van der Waals surface area contributed by atoms with Crippen molar-refractivity contribution in [2.24, 2.45) is 52.3 Å². The Hall–Kier alpha value is -1.72.